The fourth-order valence-electron chi connectivity index (χ4n) is 3.84. The summed E-state index contributed by atoms with van der Waals surface area (Å²) in [7, 11) is 0. The molecule has 0 spiro atoms. The Kier molecular flexibility index (Phi) is 7.17. The Morgan fingerprint density at radius 2 is 1.71 bits per heavy atom. The molecule has 0 saturated heterocycles. The maximum atomic E-state index is 13.6. The lowest BCUT2D eigenvalue weighted by Gasteiger charge is -2.21. The van der Waals surface area contributed by atoms with Gasteiger partial charge in [0, 0.05) is 12.2 Å². The van der Waals surface area contributed by atoms with Gasteiger partial charge in [0.15, 0.2) is 5.16 Å². The van der Waals surface area contributed by atoms with E-state index in [9.17, 15) is 9.59 Å². The topological polar surface area (TPSA) is 64.0 Å². The number of aromatic nitrogens is 2. The van der Waals surface area contributed by atoms with Crippen LogP contribution in [0.4, 0.5) is 5.69 Å². The van der Waals surface area contributed by atoms with Crippen molar-refractivity contribution in [1.82, 2.24) is 9.55 Å². The normalized spacial score (nSPS) is 12.1. The average Bonchev–Trinajstić information content (AvgIpc) is 2.82. The predicted molar refractivity (Wildman–Crippen MR) is 140 cm³/mol. The Labute approximate surface area is 204 Å². The van der Waals surface area contributed by atoms with E-state index in [4.69, 9.17) is 4.98 Å². The lowest BCUT2D eigenvalue weighted by atomic mass is 10.1. The van der Waals surface area contributed by atoms with Crippen molar-refractivity contribution in [3.05, 3.63) is 99.8 Å². The first-order chi connectivity index (χ1) is 16.3. The highest BCUT2D eigenvalue weighted by Gasteiger charge is 2.26. The molecule has 0 aliphatic heterocycles. The number of para-hydroxylation sites is 1. The van der Waals surface area contributed by atoms with E-state index < -0.39 is 5.25 Å². The molecule has 1 heterocycles. The summed E-state index contributed by atoms with van der Waals surface area (Å²) in [5.74, 6) is 0.0994. The first-order valence-corrected chi connectivity index (χ1v) is 12.3. The fraction of sp³-hybridized carbons (Fsp3) is 0.250. The van der Waals surface area contributed by atoms with Crippen LogP contribution in [0.25, 0.3) is 10.9 Å². The van der Waals surface area contributed by atoms with Gasteiger partial charge in [-0.1, -0.05) is 80.2 Å². The summed E-state index contributed by atoms with van der Waals surface area (Å²) in [5.41, 5.74) is 4.27. The molecule has 1 N–H and O–H groups in total. The second-order valence-corrected chi connectivity index (χ2v) is 10.0. The molecule has 4 rings (SSSR count). The molecule has 3 aromatic carbocycles. The Morgan fingerprint density at radius 1 is 1.00 bits per heavy atom. The van der Waals surface area contributed by atoms with Gasteiger partial charge in [-0.05, 0) is 54.7 Å². The third-order valence-corrected chi connectivity index (χ3v) is 6.83. The summed E-state index contributed by atoms with van der Waals surface area (Å²) in [5, 5.41) is 3.66. The molecule has 0 unspecified atom stereocenters. The van der Waals surface area contributed by atoms with Crippen LogP contribution >= 0.6 is 11.8 Å². The zero-order valence-corrected chi connectivity index (χ0v) is 20.7. The average molecular weight is 472 g/mol. The van der Waals surface area contributed by atoms with Crippen LogP contribution in [0, 0.1) is 19.8 Å². The molecule has 0 radical (unpaired) electrons. The van der Waals surface area contributed by atoms with Gasteiger partial charge in [0.1, 0.15) is 5.25 Å². The van der Waals surface area contributed by atoms with Crippen LogP contribution in [-0.4, -0.2) is 15.5 Å². The molecule has 0 saturated carbocycles. The Morgan fingerprint density at radius 3 is 2.44 bits per heavy atom. The molecule has 0 aliphatic carbocycles. The van der Waals surface area contributed by atoms with Crippen molar-refractivity contribution in [1.29, 1.82) is 0 Å². The highest BCUT2D eigenvalue weighted by atomic mass is 32.2. The maximum absolute atomic E-state index is 13.6. The summed E-state index contributed by atoms with van der Waals surface area (Å²) in [6, 6.07) is 23.0. The molecule has 34 heavy (non-hydrogen) atoms. The molecular weight excluding hydrogens is 442 g/mol. The quantitative estimate of drug-likeness (QED) is 0.260. The molecule has 0 bridgehead atoms. The predicted octanol–water partition coefficient (Wildman–Crippen LogP) is 6.14. The Hall–Kier alpha value is -3.38. The fourth-order valence-corrected chi connectivity index (χ4v) is 4.94. The summed E-state index contributed by atoms with van der Waals surface area (Å²) in [6.07, 6.45) is 0. The highest BCUT2D eigenvalue weighted by Crippen LogP contribution is 2.36. The van der Waals surface area contributed by atoms with Crippen molar-refractivity contribution in [2.75, 3.05) is 5.32 Å². The number of amides is 1. The van der Waals surface area contributed by atoms with Crippen LogP contribution in [0.2, 0.25) is 0 Å². The standard InChI is InChI=1S/C28H29N3O2S/c1-18(2)17-31-27(33)22-12-8-9-13-23(22)30-28(31)34-25(21-10-6-5-7-11-21)26(32)29-24-16-19(3)14-15-20(24)4/h5-16,18,25H,17H2,1-4H3,(H,29,32)/t25-/m1/s1. The SMILES string of the molecule is Cc1ccc(C)c(NC(=O)[C@H](Sc2nc3ccccc3c(=O)n2CC(C)C)c2ccccc2)c1. The molecule has 1 amide bonds. The molecule has 1 atom stereocenters. The number of benzene rings is 3. The smallest absolute Gasteiger partial charge is 0.262 e. The lowest BCUT2D eigenvalue weighted by molar-refractivity contribution is -0.115. The van der Waals surface area contributed by atoms with Crippen LogP contribution in [0.1, 0.15) is 35.8 Å². The molecular formula is C28H29N3O2S. The van der Waals surface area contributed by atoms with E-state index in [1.54, 1.807) is 10.6 Å². The summed E-state index contributed by atoms with van der Waals surface area (Å²) in [4.78, 5) is 31.8. The van der Waals surface area contributed by atoms with Gasteiger partial charge in [0.25, 0.3) is 5.56 Å². The van der Waals surface area contributed by atoms with Crippen molar-refractivity contribution >= 4 is 34.3 Å². The van der Waals surface area contributed by atoms with Crippen molar-refractivity contribution < 1.29 is 4.79 Å². The number of nitrogens with zero attached hydrogens (tertiary/aromatic N) is 2. The lowest BCUT2D eigenvalue weighted by Crippen LogP contribution is -2.27. The number of carbonyl (C=O) groups excluding carboxylic acids is 1. The van der Waals surface area contributed by atoms with E-state index in [0.29, 0.717) is 22.6 Å². The van der Waals surface area contributed by atoms with Gasteiger partial charge < -0.3 is 5.32 Å². The van der Waals surface area contributed by atoms with E-state index in [2.05, 4.69) is 19.2 Å². The minimum Gasteiger partial charge on any atom is -0.325 e. The molecule has 6 heteroatoms. The number of carbonyl (C=O) groups is 1. The van der Waals surface area contributed by atoms with Crippen molar-refractivity contribution in [3.63, 3.8) is 0 Å². The third-order valence-electron chi connectivity index (χ3n) is 5.59. The van der Waals surface area contributed by atoms with E-state index >= 15 is 0 Å². The third kappa shape index (κ3) is 5.23. The summed E-state index contributed by atoms with van der Waals surface area (Å²) < 4.78 is 1.71. The largest absolute Gasteiger partial charge is 0.325 e. The van der Waals surface area contributed by atoms with Crippen LogP contribution in [0.3, 0.4) is 0 Å². The van der Waals surface area contributed by atoms with Crippen LogP contribution in [0.5, 0.6) is 0 Å². The minimum absolute atomic E-state index is 0.0800. The zero-order chi connectivity index (χ0) is 24.2. The summed E-state index contributed by atoms with van der Waals surface area (Å²) in [6.45, 7) is 8.64. The van der Waals surface area contributed by atoms with Gasteiger partial charge in [0.2, 0.25) is 5.91 Å². The van der Waals surface area contributed by atoms with E-state index in [1.807, 2.05) is 80.6 Å². The number of fused-ring (bicyclic) bond motifs is 1. The summed E-state index contributed by atoms with van der Waals surface area (Å²) >= 11 is 1.32. The van der Waals surface area contributed by atoms with Crippen molar-refractivity contribution in [2.45, 2.75) is 44.6 Å². The monoisotopic (exact) mass is 471 g/mol. The second kappa shape index (κ2) is 10.3. The number of aryl methyl sites for hydroxylation is 2. The van der Waals surface area contributed by atoms with Crippen LogP contribution in [0.15, 0.2) is 82.7 Å². The first-order valence-electron chi connectivity index (χ1n) is 11.4. The molecule has 0 fully saturated rings. The number of nitrogens with one attached hydrogen (secondary N) is 1. The number of thioether (sulfide) groups is 1. The number of rotatable bonds is 7. The molecule has 0 aliphatic rings. The highest BCUT2D eigenvalue weighted by molar-refractivity contribution is 8.00. The van der Waals surface area contributed by atoms with Gasteiger partial charge in [-0.3, -0.25) is 14.2 Å². The minimum atomic E-state index is -0.576. The maximum Gasteiger partial charge on any atom is 0.262 e. The van der Waals surface area contributed by atoms with Crippen LogP contribution < -0.4 is 10.9 Å². The zero-order valence-electron chi connectivity index (χ0n) is 19.9. The number of hydrogen-bond donors (Lipinski definition) is 1. The van der Waals surface area contributed by atoms with Gasteiger partial charge in [0.05, 0.1) is 10.9 Å². The number of hydrogen-bond acceptors (Lipinski definition) is 4. The Bertz CT molecular complexity index is 1380. The van der Waals surface area contributed by atoms with Gasteiger partial charge in [-0.2, -0.15) is 0 Å². The van der Waals surface area contributed by atoms with Crippen LogP contribution in [-0.2, 0) is 11.3 Å². The molecule has 1 aromatic heterocycles. The first kappa shape index (κ1) is 23.8. The molecule has 5 nitrogen and oxygen atoms in total. The van der Waals surface area contributed by atoms with Crippen molar-refractivity contribution in [3.8, 4) is 0 Å². The second-order valence-electron chi connectivity index (χ2n) is 8.94. The van der Waals surface area contributed by atoms with Gasteiger partial charge in [-0.15, -0.1) is 0 Å². The van der Waals surface area contributed by atoms with Gasteiger partial charge in [-0.25, -0.2) is 4.98 Å². The molecule has 174 valence electrons. The van der Waals surface area contributed by atoms with E-state index in [0.717, 1.165) is 22.4 Å². The van der Waals surface area contributed by atoms with Crippen molar-refractivity contribution in [2.24, 2.45) is 5.92 Å². The van der Waals surface area contributed by atoms with E-state index in [1.165, 1.54) is 11.8 Å². The molecule has 4 aromatic rings. The van der Waals surface area contributed by atoms with E-state index in [-0.39, 0.29) is 17.4 Å². The number of anilines is 1. The Balaban J connectivity index is 1.78. The van der Waals surface area contributed by atoms with Gasteiger partial charge >= 0.3 is 0 Å².